The average molecular weight is 497 g/mol. The van der Waals surface area contributed by atoms with Crippen molar-refractivity contribution in [1.82, 2.24) is 10.2 Å². The van der Waals surface area contributed by atoms with Gasteiger partial charge in [-0.25, -0.2) is 4.79 Å². The van der Waals surface area contributed by atoms with Crippen molar-refractivity contribution in [2.75, 3.05) is 51.5 Å². The van der Waals surface area contributed by atoms with E-state index in [1.54, 1.807) is 4.90 Å². The Balaban J connectivity index is 0. The first-order chi connectivity index (χ1) is 15.8. The van der Waals surface area contributed by atoms with Gasteiger partial charge in [-0.05, 0) is 6.42 Å². The molecule has 0 aliphatic carbocycles. The third-order valence-corrected chi connectivity index (χ3v) is 5.89. The summed E-state index contributed by atoms with van der Waals surface area (Å²) in [5.74, 6) is -0.993. The number of nitrogens with zero attached hydrogens (tertiary/aromatic N) is 1. The molecule has 0 aromatic rings. The van der Waals surface area contributed by atoms with Crippen molar-refractivity contribution in [2.45, 2.75) is 83.6 Å². The van der Waals surface area contributed by atoms with Gasteiger partial charge in [0.05, 0.1) is 26.1 Å². The quantitative estimate of drug-likeness (QED) is 0.118. The molecule has 198 valence electrons. The summed E-state index contributed by atoms with van der Waals surface area (Å²) in [6.45, 7) is 3.96. The van der Waals surface area contributed by atoms with Crippen molar-refractivity contribution in [3.8, 4) is 0 Å². The fraction of sp³-hybridized carbons (Fsp3) is 0.913. The van der Waals surface area contributed by atoms with E-state index < -0.39 is 23.2 Å². The number of hydrogen-bond acceptors (Lipinski definition) is 7. The topological polar surface area (TPSA) is 153 Å². The molecule has 0 bridgehead atoms. The van der Waals surface area contributed by atoms with Crippen molar-refractivity contribution >= 4 is 23.1 Å². The Kier molecular flexibility index (Phi) is 26.7. The number of carboxylic acid groups (broad SMARTS) is 1. The minimum atomic E-state index is -1.06. The van der Waals surface area contributed by atoms with Gasteiger partial charge < -0.3 is 30.3 Å². The van der Waals surface area contributed by atoms with Crippen LogP contribution in [-0.4, -0.2) is 99.3 Å². The average Bonchev–Trinajstić information content (AvgIpc) is 2.76. The largest absolute Gasteiger partial charge is 0.617 e. The molecule has 0 rings (SSSR count). The van der Waals surface area contributed by atoms with Crippen molar-refractivity contribution in [3.63, 3.8) is 0 Å². The fourth-order valence-corrected chi connectivity index (χ4v) is 3.73. The maximum atomic E-state index is 11.8. The van der Waals surface area contributed by atoms with Gasteiger partial charge in [-0.3, -0.25) is 9.69 Å². The number of aliphatic hydroxyl groups is 3. The maximum absolute atomic E-state index is 11.8. The van der Waals surface area contributed by atoms with E-state index in [2.05, 4.69) is 12.2 Å². The van der Waals surface area contributed by atoms with E-state index in [0.717, 1.165) is 19.3 Å². The highest BCUT2D eigenvalue weighted by atomic mass is 32.2. The predicted octanol–water partition coefficient (Wildman–Crippen LogP) is 1.51. The summed E-state index contributed by atoms with van der Waals surface area (Å²) in [5.41, 5.74) is 0. The van der Waals surface area contributed by atoms with Crippen molar-refractivity contribution < 1.29 is 34.6 Å². The van der Waals surface area contributed by atoms with Crippen LogP contribution in [0.5, 0.6) is 0 Å². The molecular formula is C23H48N2O7S. The van der Waals surface area contributed by atoms with Gasteiger partial charge in [0.15, 0.2) is 0 Å². The number of unbranched alkanes of at least 4 members (excludes halogenated alkanes) is 8. The minimum Gasteiger partial charge on any atom is -0.617 e. The van der Waals surface area contributed by atoms with Gasteiger partial charge in [-0.2, -0.15) is 0 Å². The summed E-state index contributed by atoms with van der Waals surface area (Å²) in [5, 5.41) is 37.0. The van der Waals surface area contributed by atoms with E-state index in [1.165, 1.54) is 44.8 Å². The van der Waals surface area contributed by atoms with Crippen LogP contribution in [-0.2, 0) is 20.8 Å². The van der Waals surface area contributed by atoms with Crippen LogP contribution in [0.2, 0.25) is 0 Å². The number of carbonyl (C=O) groups excluding carboxylic acids is 1. The van der Waals surface area contributed by atoms with E-state index in [4.69, 9.17) is 20.4 Å². The number of aliphatic carboxylic acids is 1. The molecule has 2 atom stereocenters. The first kappa shape index (κ1) is 34.3. The molecule has 0 saturated carbocycles. The van der Waals surface area contributed by atoms with Gasteiger partial charge in [0.25, 0.3) is 0 Å². The lowest BCUT2D eigenvalue weighted by Gasteiger charge is -2.17. The number of hydrogen-bond donors (Lipinski definition) is 5. The van der Waals surface area contributed by atoms with Crippen LogP contribution >= 0.6 is 0 Å². The summed E-state index contributed by atoms with van der Waals surface area (Å²) < 4.78 is 11.0. The van der Waals surface area contributed by atoms with Gasteiger partial charge in [0, 0.05) is 32.5 Å². The van der Waals surface area contributed by atoms with Crippen LogP contribution in [0.4, 0.5) is 0 Å². The molecule has 5 N–H and O–H groups in total. The van der Waals surface area contributed by atoms with Crippen LogP contribution in [0, 0.1) is 0 Å². The zero-order valence-electron chi connectivity index (χ0n) is 20.7. The Bertz CT molecular complexity index is 442. The highest BCUT2D eigenvalue weighted by Crippen LogP contribution is 2.10. The number of carbonyl (C=O) groups is 2. The van der Waals surface area contributed by atoms with Crippen molar-refractivity contribution in [1.29, 1.82) is 0 Å². The van der Waals surface area contributed by atoms with E-state index in [9.17, 15) is 14.1 Å². The van der Waals surface area contributed by atoms with Gasteiger partial charge >= 0.3 is 5.97 Å². The summed E-state index contributed by atoms with van der Waals surface area (Å²) in [7, 11) is 0. The Morgan fingerprint density at radius 3 is 1.73 bits per heavy atom. The molecule has 0 saturated heterocycles. The predicted molar refractivity (Wildman–Crippen MR) is 133 cm³/mol. The molecule has 10 heteroatoms. The van der Waals surface area contributed by atoms with Crippen molar-refractivity contribution in [2.24, 2.45) is 0 Å². The summed E-state index contributed by atoms with van der Waals surface area (Å²) >= 11 is -1.04. The number of rotatable bonds is 21. The SMILES string of the molecule is CCCCCCCCCCCC(=O)NC(CC[S+](C)[O-])C(=O)O.OCCN(CCO)CCO. The Morgan fingerprint density at radius 2 is 1.33 bits per heavy atom. The molecule has 0 aromatic carbocycles. The maximum Gasteiger partial charge on any atom is 0.326 e. The number of nitrogens with one attached hydrogen (secondary N) is 1. The van der Waals surface area contributed by atoms with E-state index in [0.29, 0.717) is 26.1 Å². The first-order valence-electron chi connectivity index (χ1n) is 12.2. The zero-order valence-corrected chi connectivity index (χ0v) is 21.5. The molecule has 9 nitrogen and oxygen atoms in total. The first-order valence-corrected chi connectivity index (χ1v) is 13.9. The van der Waals surface area contributed by atoms with E-state index in [-0.39, 0.29) is 37.9 Å². The van der Waals surface area contributed by atoms with Crippen molar-refractivity contribution in [3.05, 3.63) is 0 Å². The van der Waals surface area contributed by atoms with Crippen LogP contribution in [0.15, 0.2) is 0 Å². The van der Waals surface area contributed by atoms with Gasteiger partial charge in [0.1, 0.15) is 11.8 Å². The molecule has 33 heavy (non-hydrogen) atoms. The van der Waals surface area contributed by atoms with Crippen LogP contribution in [0.3, 0.4) is 0 Å². The van der Waals surface area contributed by atoms with E-state index in [1.807, 2.05) is 0 Å². The molecule has 1 amide bonds. The molecule has 0 aromatic heterocycles. The Hall–Kier alpha value is -0.910. The lowest BCUT2D eigenvalue weighted by molar-refractivity contribution is -0.141. The monoisotopic (exact) mass is 496 g/mol. The summed E-state index contributed by atoms with van der Waals surface area (Å²) in [6.07, 6.45) is 12.7. The highest BCUT2D eigenvalue weighted by molar-refractivity contribution is 7.90. The minimum absolute atomic E-state index is 0.0694. The van der Waals surface area contributed by atoms with Crippen LogP contribution < -0.4 is 5.32 Å². The number of amides is 1. The Morgan fingerprint density at radius 1 is 0.879 bits per heavy atom. The molecule has 0 spiro atoms. The lowest BCUT2D eigenvalue weighted by Crippen LogP contribution is -2.41. The molecule has 0 aliphatic heterocycles. The molecule has 0 radical (unpaired) electrons. The highest BCUT2D eigenvalue weighted by Gasteiger charge is 2.21. The van der Waals surface area contributed by atoms with Gasteiger partial charge in [-0.15, -0.1) is 0 Å². The number of carboxylic acids is 1. The fourth-order valence-electron chi connectivity index (χ4n) is 3.16. The smallest absolute Gasteiger partial charge is 0.326 e. The molecular weight excluding hydrogens is 448 g/mol. The summed E-state index contributed by atoms with van der Waals surface area (Å²) in [4.78, 5) is 24.6. The van der Waals surface area contributed by atoms with Gasteiger partial charge in [-0.1, -0.05) is 69.5 Å². The molecule has 0 aliphatic rings. The molecule has 2 unspecified atom stereocenters. The third-order valence-electron chi connectivity index (χ3n) is 5.08. The molecule has 0 heterocycles. The normalized spacial score (nSPS) is 12.7. The lowest BCUT2D eigenvalue weighted by atomic mass is 10.1. The van der Waals surface area contributed by atoms with Gasteiger partial charge in [0.2, 0.25) is 5.91 Å². The second-order valence-electron chi connectivity index (χ2n) is 8.12. The Labute approximate surface area is 203 Å². The summed E-state index contributed by atoms with van der Waals surface area (Å²) in [6, 6.07) is -0.926. The second kappa shape index (κ2) is 25.7. The van der Waals surface area contributed by atoms with E-state index >= 15 is 0 Å². The van der Waals surface area contributed by atoms with Crippen LogP contribution in [0.25, 0.3) is 0 Å². The van der Waals surface area contributed by atoms with Crippen LogP contribution in [0.1, 0.15) is 77.6 Å². The second-order valence-corrected chi connectivity index (χ2v) is 9.67. The zero-order chi connectivity index (χ0) is 25.3. The standard InChI is InChI=1S/C17H33NO4S.C6H15NO3/c1-3-4-5-6-7-8-9-10-11-12-16(19)18-15(17(20)21)13-14-23(2)22;8-4-1-7(2-5-9)3-6-10/h15H,3-14H2,1-2H3,(H,18,19)(H,20,21);8-10H,1-6H2. The third kappa shape index (κ3) is 25.5. The molecule has 0 fully saturated rings. The number of aliphatic hydroxyl groups excluding tert-OH is 3.